The molecule has 1 aromatic rings. The van der Waals surface area contributed by atoms with E-state index in [0.29, 0.717) is 0 Å². The summed E-state index contributed by atoms with van der Waals surface area (Å²) in [6.45, 7) is 7.06. The van der Waals surface area contributed by atoms with Crippen molar-refractivity contribution in [3.63, 3.8) is 0 Å². The second kappa shape index (κ2) is 11.0. The number of hydrogen-bond acceptors (Lipinski definition) is 1. The summed E-state index contributed by atoms with van der Waals surface area (Å²) in [5.41, 5.74) is 0. The van der Waals surface area contributed by atoms with Crippen LogP contribution >= 0.6 is 11.8 Å². The van der Waals surface area contributed by atoms with Crippen molar-refractivity contribution in [1.82, 2.24) is 0 Å². The summed E-state index contributed by atoms with van der Waals surface area (Å²) in [6, 6.07) is 9.75. The fraction of sp³-hybridized carbons (Fsp3) is 0.684. The van der Waals surface area contributed by atoms with E-state index in [1.54, 1.807) is 16.9 Å². The molecule has 120 valence electrons. The molecule has 0 nitrogen and oxygen atoms in total. The third-order valence-electron chi connectivity index (χ3n) is 4.73. The fourth-order valence-corrected chi connectivity index (χ4v) is 19.6. The van der Waals surface area contributed by atoms with E-state index < -0.39 is 18.4 Å². The molecule has 0 spiro atoms. The van der Waals surface area contributed by atoms with Crippen molar-refractivity contribution < 1.29 is 0 Å². The Balaban J connectivity index is 3.02. The molecule has 0 aliphatic rings. The van der Waals surface area contributed by atoms with Crippen LogP contribution in [0.2, 0.25) is 13.3 Å². The Hall–Kier alpha value is 0.369. The quantitative estimate of drug-likeness (QED) is 0.296. The standard InChI is InChI=1S/C7H7S.3C4H9.Sn/c1-8-7-5-3-2-4-6-7;3*1-3-4-2;/h3-6H,1H3;3*1,3-4H2,2H3;. The Morgan fingerprint density at radius 1 is 0.762 bits per heavy atom. The van der Waals surface area contributed by atoms with Crippen molar-refractivity contribution in [3.05, 3.63) is 24.3 Å². The van der Waals surface area contributed by atoms with Gasteiger partial charge in [-0.25, -0.2) is 0 Å². The second-order valence-corrected chi connectivity index (χ2v) is 20.4. The van der Waals surface area contributed by atoms with Gasteiger partial charge in [0.05, 0.1) is 0 Å². The molecular formula is C19H34SSn. The van der Waals surface area contributed by atoms with Gasteiger partial charge in [0.1, 0.15) is 0 Å². The summed E-state index contributed by atoms with van der Waals surface area (Å²) in [5.74, 6) is 0. The Kier molecular flexibility index (Phi) is 10.2. The third kappa shape index (κ3) is 6.17. The van der Waals surface area contributed by atoms with E-state index in [1.165, 1.54) is 43.4 Å². The maximum absolute atomic E-state index is 2.50. The van der Waals surface area contributed by atoms with E-state index in [0.717, 1.165) is 0 Å². The van der Waals surface area contributed by atoms with E-state index in [4.69, 9.17) is 0 Å². The van der Waals surface area contributed by atoms with Crippen LogP contribution in [0.15, 0.2) is 29.2 Å². The summed E-state index contributed by atoms with van der Waals surface area (Å²) in [4.78, 5) is 1.42. The molecule has 0 atom stereocenters. The van der Waals surface area contributed by atoms with Gasteiger partial charge < -0.3 is 0 Å². The van der Waals surface area contributed by atoms with Crippen LogP contribution in [0.25, 0.3) is 0 Å². The molecule has 0 unspecified atom stereocenters. The van der Waals surface area contributed by atoms with Crippen LogP contribution in [0.1, 0.15) is 59.3 Å². The van der Waals surface area contributed by atoms with Gasteiger partial charge in [-0.3, -0.25) is 0 Å². The minimum absolute atomic E-state index is 1.36. The molecule has 0 heterocycles. The summed E-state index contributed by atoms with van der Waals surface area (Å²) < 4.78 is 6.52. The Labute approximate surface area is 141 Å². The van der Waals surface area contributed by atoms with Crippen molar-refractivity contribution in [2.45, 2.75) is 77.5 Å². The average Bonchev–Trinajstić information content (AvgIpc) is 2.55. The van der Waals surface area contributed by atoms with Gasteiger partial charge in [-0.15, -0.1) is 0 Å². The first kappa shape index (κ1) is 19.4. The number of benzene rings is 1. The number of unbranched alkanes of at least 4 members (excludes halogenated alkanes) is 3. The molecule has 1 aromatic carbocycles. The molecule has 0 radical (unpaired) electrons. The van der Waals surface area contributed by atoms with Gasteiger partial charge >= 0.3 is 142 Å². The number of rotatable bonds is 11. The van der Waals surface area contributed by atoms with E-state index in [9.17, 15) is 0 Å². The first-order valence-corrected chi connectivity index (χ1v) is 17.6. The summed E-state index contributed by atoms with van der Waals surface area (Å²) in [5, 5.41) is 0. The van der Waals surface area contributed by atoms with Crippen molar-refractivity contribution in [1.29, 1.82) is 0 Å². The molecule has 0 aromatic heterocycles. The van der Waals surface area contributed by atoms with Gasteiger partial charge in [-0.2, -0.15) is 0 Å². The molecule has 0 fully saturated rings. The molecule has 0 saturated carbocycles. The first-order chi connectivity index (χ1) is 10.2. The summed E-state index contributed by atoms with van der Waals surface area (Å²) in [7, 11) is 0. The molecule has 0 N–H and O–H groups in total. The number of hydrogen-bond donors (Lipinski definition) is 0. The molecule has 1 rings (SSSR count). The molecular weight excluding hydrogens is 379 g/mol. The SMILES string of the molecule is CCC[CH2][Sn]([CH2]CCC)([CH2]CCC)[c]1ccc(SC)cc1. The fourth-order valence-electron chi connectivity index (χ4n) is 3.30. The zero-order valence-corrected chi connectivity index (χ0v) is 18.3. The van der Waals surface area contributed by atoms with E-state index >= 15 is 0 Å². The molecule has 0 amide bonds. The maximum atomic E-state index is 2.50. The summed E-state index contributed by atoms with van der Waals surface area (Å²) in [6.07, 6.45) is 10.6. The van der Waals surface area contributed by atoms with Crippen molar-refractivity contribution in [3.8, 4) is 0 Å². The predicted molar refractivity (Wildman–Crippen MR) is 103 cm³/mol. The van der Waals surface area contributed by atoms with Crippen molar-refractivity contribution >= 4 is 33.7 Å². The van der Waals surface area contributed by atoms with Gasteiger partial charge in [0.15, 0.2) is 0 Å². The van der Waals surface area contributed by atoms with Gasteiger partial charge in [0, 0.05) is 0 Å². The molecule has 0 aliphatic carbocycles. The third-order valence-corrected chi connectivity index (χ3v) is 21.1. The molecule has 0 aliphatic heterocycles. The average molecular weight is 413 g/mol. The van der Waals surface area contributed by atoms with E-state index in [1.807, 2.05) is 11.8 Å². The normalized spacial score (nSPS) is 11.8. The van der Waals surface area contributed by atoms with Gasteiger partial charge in [0.25, 0.3) is 0 Å². The van der Waals surface area contributed by atoms with Crippen LogP contribution in [0, 0.1) is 0 Å². The van der Waals surface area contributed by atoms with Crippen molar-refractivity contribution in [2.24, 2.45) is 0 Å². The molecule has 0 bridgehead atoms. The van der Waals surface area contributed by atoms with E-state index in [-0.39, 0.29) is 0 Å². The van der Waals surface area contributed by atoms with Gasteiger partial charge in [-0.1, -0.05) is 0 Å². The van der Waals surface area contributed by atoms with Crippen LogP contribution in [0.4, 0.5) is 0 Å². The topological polar surface area (TPSA) is 0 Å². The molecule has 21 heavy (non-hydrogen) atoms. The van der Waals surface area contributed by atoms with E-state index in [2.05, 4.69) is 51.3 Å². The second-order valence-electron chi connectivity index (χ2n) is 6.32. The van der Waals surface area contributed by atoms with Gasteiger partial charge in [-0.05, 0) is 0 Å². The first-order valence-electron chi connectivity index (χ1n) is 8.87. The Morgan fingerprint density at radius 3 is 1.52 bits per heavy atom. The minimum atomic E-state index is -2.15. The monoisotopic (exact) mass is 414 g/mol. The van der Waals surface area contributed by atoms with Gasteiger partial charge in [0.2, 0.25) is 0 Å². The number of thioether (sulfide) groups is 1. The zero-order valence-electron chi connectivity index (χ0n) is 14.6. The van der Waals surface area contributed by atoms with Crippen LogP contribution < -0.4 is 3.58 Å². The zero-order chi connectivity index (χ0) is 15.6. The van der Waals surface area contributed by atoms with Crippen LogP contribution in [0.3, 0.4) is 0 Å². The molecule has 2 heteroatoms. The molecule has 0 saturated heterocycles. The summed E-state index contributed by atoms with van der Waals surface area (Å²) >= 11 is -0.289. The Morgan fingerprint density at radius 2 is 1.19 bits per heavy atom. The van der Waals surface area contributed by atoms with Crippen LogP contribution in [0.5, 0.6) is 0 Å². The van der Waals surface area contributed by atoms with Crippen molar-refractivity contribution in [2.75, 3.05) is 6.26 Å². The Bertz CT molecular complexity index is 350. The van der Waals surface area contributed by atoms with Crippen LogP contribution in [-0.2, 0) is 0 Å². The van der Waals surface area contributed by atoms with Crippen LogP contribution in [-0.4, -0.2) is 24.6 Å². The predicted octanol–water partition coefficient (Wildman–Crippen LogP) is 6.46.